The van der Waals surface area contributed by atoms with Gasteiger partial charge in [-0.25, -0.2) is 0 Å². The number of nitrogens with zero attached hydrogens (tertiary/aromatic N) is 2. The van der Waals surface area contributed by atoms with Crippen LogP contribution < -0.4 is 0 Å². The first kappa shape index (κ1) is 14.2. The first-order valence-electron chi connectivity index (χ1n) is 6.48. The Morgan fingerprint density at radius 1 is 1.29 bits per heavy atom. The topological polar surface area (TPSA) is 17.8 Å². The molecule has 1 aliphatic rings. The minimum absolute atomic E-state index is 0.224. The number of benzene rings is 1. The Bertz CT molecular complexity index is 728. The standard InChI is InChI=1S/C15H12ClF3N2/c16-9-13-12-3-1-2-4-14(12)21(20-13)11-7-5-10(6-8-11)15(17,18)19/h1-7,11H,8-9H2. The lowest BCUT2D eigenvalue weighted by Crippen LogP contribution is -2.16. The summed E-state index contributed by atoms with van der Waals surface area (Å²) < 4.78 is 39.6. The SMILES string of the molecule is FC(F)(F)C1=CCC(n2nc(CCl)c3ccccc32)C=C1. The number of allylic oxidation sites excluding steroid dienone is 4. The predicted octanol–water partition coefficient (Wildman–Crippen LogP) is 4.76. The van der Waals surface area contributed by atoms with Gasteiger partial charge in [-0.15, -0.1) is 11.6 Å². The number of aromatic nitrogens is 2. The van der Waals surface area contributed by atoms with E-state index in [0.29, 0.717) is 0 Å². The highest BCUT2D eigenvalue weighted by atomic mass is 35.5. The largest absolute Gasteiger partial charge is 0.416 e. The summed E-state index contributed by atoms with van der Waals surface area (Å²) in [6.45, 7) is 0. The summed E-state index contributed by atoms with van der Waals surface area (Å²) >= 11 is 5.89. The van der Waals surface area contributed by atoms with Crippen molar-refractivity contribution in [2.75, 3.05) is 0 Å². The second-order valence-corrected chi connectivity index (χ2v) is 5.13. The van der Waals surface area contributed by atoms with Crippen molar-refractivity contribution in [2.24, 2.45) is 0 Å². The van der Waals surface area contributed by atoms with Crippen molar-refractivity contribution in [1.82, 2.24) is 9.78 Å². The molecule has 6 heteroatoms. The summed E-state index contributed by atoms with van der Waals surface area (Å²) in [7, 11) is 0. The Labute approximate surface area is 124 Å². The third kappa shape index (κ3) is 2.58. The fourth-order valence-electron chi connectivity index (χ4n) is 2.51. The second kappa shape index (κ2) is 5.22. The van der Waals surface area contributed by atoms with Crippen LogP contribution in [0.25, 0.3) is 10.9 Å². The van der Waals surface area contributed by atoms with Crippen LogP contribution in [0.3, 0.4) is 0 Å². The van der Waals surface area contributed by atoms with E-state index in [2.05, 4.69) is 5.10 Å². The van der Waals surface area contributed by atoms with E-state index in [9.17, 15) is 13.2 Å². The molecule has 0 N–H and O–H groups in total. The molecule has 3 rings (SSSR count). The molecule has 1 heterocycles. The molecule has 0 saturated carbocycles. The van der Waals surface area contributed by atoms with Gasteiger partial charge in [-0.3, -0.25) is 4.68 Å². The summed E-state index contributed by atoms with van der Waals surface area (Å²) in [6, 6.07) is 7.36. The highest BCUT2D eigenvalue weighted by Gasteiger charge is 2.33. The molecule has 1 unspecified atom stereocenters. The summed E-state index contributed by atoms with van der Waals surface area (Å²) in [5.41, 5.74) is 1.02. The Kier molecular flexibility index (Phi) is 3.53. The van der Waals surface area contributed by atoms with E-state index < -0.39 is 11.7 Å². The molecule has 2 nitrogen and oxygen atoms in total. The van der Waals surface area contributed by atoms with Crippen LogP contribution in [0.5, 0.6) is 0 Å². The second-order valence-electron chi connectivity index (χ2n) is 4.86. The predicted molar refractivity (Wildman–Crippen MR) is 76.2 cm³/mol. The quantitative estimate of drug-likeness (QED) is 0.731. The molecule has 0 amide bonds. The van der Waals surface area contributed by atoms with E-state index in [1.54, 1.807) is 10.8 Å². The van der Waals surface area contributed by atoms with Crippen LogP contribution in [0.1, 0.15) is 18.2 Å². The summed E-state index contributed by atoms with van der Waals surface area (Å²) in [5.74, 6) is 0.271. The molecule has 0 radical (unpaired) electrons. The van der Waals surface area contributed by atoms with Gasteiger partial charge >= 0.3 is 6.18 Å². The van der Waals surface area contributed by atoms with E-state index in [4.69, 9.17) is 11.6 Å². The Hall–Kier alpha value is -1.75. The van der Waals surface area contributed by atoms with Gasteiger partial charge in [0.15, 0.2) is 0 Å². The van der Waals surface area contributed by atoms with Gasteiger partial charge in [-0.1, -0.05) is 36.4 Å². The highest BCUT2D eigenvalue weighted by Crippen LogP contribution is 2.33. The minimum Gasteiger partial charge on any atom is -0.257 e. The fourth-order valence-corrected chi connectivity index (χ4v) is 2.70. The Morgan fingerprint density at radius 3 is 2.67 bits per heavy atom. The van der Waals surface area contributed by atoms with E-state index in [0.717, 1.165) is 22.7 Å². The summed E-state index contributed by atoms with van der Waals surface area (Å²) in [4.78, 5) is 0. The zero-order chi connectivity index (χ0) is 15.0. The number of rotatable bonds is 2. The Balaban J connectivity index is 1.97. The van der Waals surface area contributed by atoms with Crippen molar-refractivity contribution in [3.05, 3.63) is 53.8 Å². The molecule has 21 heavy (non-hydrogen) atoms. The van der Waals surface area contributed by atoms with Gasteiger partial charge in [0.05, 0.1) is 28.7 Å². The number of para-hydroxylation sites is 1. The number of halogens is 4. The van der Waals surface area contributed by atoms with Crippen LogP contribution in [0.4, 0.5) is 13.2 Å². The van der Waals surface area contributed by atoms with Crippen molar-refractivity contribution in [1.29, 1.82) is 0 Å². The van der Waals surface area contributed by atoms with E-state index in [-0.39, 0.29) is 18.3 Å². The van der Waals surface area contributed by atoms with Gasteiger partial charge in [0.25, 0.3) is 0 Å². The van der Waals surface area contributed by atoms with Gasteiger partial charge < -0.3 is 0 Å². The maximum absolute atomic E-state index is 12.6. The van der Waals surface area contributed by atoms with Gasteiger partial charge in [0, 0.05) is 5.39 Å². The maximum Gasteiger partial charge on any atom is 0.416 e. The summed E-state index contributed by atoms with van der Waals surface area (Å²) in [6.07, 6.45) is -0.166. The van der Waals surface area contributed by atoms with Crippen LogP contribution in [0.15, 0.2) is 48.1 Å². The average molecular weight is 313 g/mol. The highest BCUT2D eigenvalue weighted by molar-refractivity contribution is 6.17. The van der Waals surface area contributed by atoms with Crippen molar-refractivity contribution in [3.8, 4) is 0 Å². The molecule has 1 atom stereocenters. The third-order valence-corrected chi connectivity index (χ3v) is 3.79. The van der Waals surface area contributed by atoms with Gasteiger partial charge in [-0.05, 0) is 12.5 Å². The van der Waals surface area contributed by atoms with Crippen LogP contribution in [-0.4, -0.2) is 16.0 Å². The molecule has 110 valence electrons. The molecule has 1 aromatic heterocycles. The van der Waals surface area contributed by atoms with Crippen LogP contribution in [0.2, 0.25) is 0 Å². The molecule has 1 aliphatic carbocycles. The molecular formula is C15H12ClF3N2. The number of hydrogen-bond donors (Lipinski definition) is 0. The number of hydrogen-bond acceptors (Lipinski definition) is 1. The fraction of sp³-hybridized carbons (Fsp3) is 0.267. The van der Waals surface area contributed by atoms with Crippen molar-refractivity contribution < 1.29 is 13.2 Å². The van der Waals surface area contributed by atoms with E-state index >= 15 is 0 Å². The maximum atomic E-state index is 12.6. The minimum atomic E-state index is -4.30. The third-order valence-electron chi connectivity index (χ3n) is 3.54. The molecule has 0 bridgehead atoms. The van der Waals surface area contributed by atoms with Crippen molar-refractivity contribution >= 4 is 22.5 Å². The first-order valence-corrected chi connectivity index (χ1v) is 7.02. The molecule has 0 aliphatic heterocycles. The Morgan fingerprint density at radius 2 is 2.05 bits per heavy atom. The van der Waals surface area contributed by atoms with Gasteiger partial charge in [0.2, 0.25) is 0 Å². The van der Waals surface area contributed by atoms with E-state index in [1.807, 2.05) is 24.3 Å². The molecule has 2 aromatic rings. The number of alkyl halides is 4. The van der Waals surface area contributed by atoms with Crippen molar-refractivity contribution in [2.45, 2.75) is 24.5 Å². The number of fused-ring (bicyclic) bond motifs is 1. The molecule has 0 spiro atoms. The van der Waals surface area contributed by atoms with Crippen LogP contribution >= 0.6 is 11.6 Å². The summed E-state index contributed by atoms with van der Waals surface area (Å²) in [5, 5.41) is 5.38. The lowest BCUT2D eigenvalue weighted by Gasteiger charge is -2.19. The monoisotopic (exact) mass is 312 g/mol. The molecule has 0 fully saturated rings. The average Bonchev–Trinajstić information content (AvgIpc) is 2.85. The van der Waals surface area contributed by atoms with Crippen LogP contribution in [-0.2, 0) is 5.88 Å². The van der Waals surface area contributed by atoms with Gasteiger partial charge in [0.1, 0.15) is 0 Å². The molecule has 0 saturated heterocycles. The van der Waals surface area contributed by atoms with Crippen molar-refractivity contribution in [3.63, 3.8) is 0 Å². The normalized spacial score (nSPS) is 19.0. The zero-order valence-corrected chi connectivity index (χ0v) is 11.7. The lowest BCUT2D eigenvalue weighted by atomic mass is 10.0. The molecular weight excluding hydrogens is 301 g/mol. The zero-order valence-electron chi connectivity index (χ0n) is 10.9. The van der Waals surface area contributed by atoms with Crippen LogP contribution in [0, 0.1) is 0 Å². The van der Waals surface area contributed by atoms with E-state index in [1.165, 1.54) is 6.08 Å². The van der Waals surface area contributed by atoms with Gasteiger partial charge in [-0.2, -0.15) is 18.3 Å². The molecule has 1 aromatic carbocycles. The lowest BCUT2D eigenvalue weighted by molar-refractivity contribution is -0.0887. The smallest absolute Gasteiger partial charge is 0.257 e. The first-order chi connectivity index (χ1) is 10.0.